The van der Waals surface area contributed by atoms with E-state index in [9.17, 15) is 14.0 Å². The molecule has 1 aromatic heterocycles. The predicted octanol–water partition coefficient (Wildman–Crippen LogP) is 4.53. The van der Waals surface area contributed by atoms with Gasteiger partial charge in [0.05, 0.1) is 5.56 Å². The maximum atomic E-state index is 13.3. The van der Waals surface area contributed by atoms with Crippen molar-refractivity contribution in [2.45, 2.75) is 6.92 Å². The number of pyridine rings is 1. The number of hydrogen-bond donors (Lipinski definition) is 1. The van der Waals surface area contributed by atoms with Gasteiger partial charge < -0.3 is 14.6 Å². The van der Waals surface area contributed by atoms with Crippen LogP contribution in [0.15, 0.2) is 59.5 Å². The SMILES string of the molecule is Cc1cc(F)ccc1Oc1cc(Cl)ccc1C(=O)Nc1ccn(C)c(=O)c1. The molecule has 7 heteroatoms. The van der Waals surface area contributed by atoms with Crippen molar-refractivity contribution in [1.29, 1.82) is 0 Å². The van der Waals surface area contributed by atoms with E-state index in [1.807, 2.05) is 0 Å². The van der Waals surface area contributed by atoms with Gasteiger partial charge in [-0.15, -0.1) is 0 Å². The Hall–Kier alpha value is -3.12. The molecule has 27 heavy (non-hydrogen) atoms. The van der Waals surface area contributed by atoms with Gasteiger partial charge in [-0.25, -0.2) is 4.39 Å². The van der Waals surface area contributed by atoms with Crippen molar-refractivity contribution in [3.63, 3.8) is 0 Å². The molecule has 0 fully saturated rings. The monoisotopic (exact) mass is 386 g/mol. The molecular weight excluding hydrogens is 371 g/mol. The van der Waals surface area contributed by atoms with E-state index in [4.69, 9.17) is 16.3 Å². The first-order valence-electron chi connectivity index (χ1n) is 8.05. The van der Waals surface area contributed by atoms with Crippen molar-refractivity contribution < 1.29 is 13.9 Å². The zero-order valence-corrected chi connectivity index (χ0v) is 15.4. The number of rotatable bonds is 4. The van der Waals surface area contributed by atoms with Crippen LogP contribution in [0.2, 0.25) is 5.02 Å². The number of nitrogens with one attached hydrogen (secondary N) is 1. The van der Waals surface area contributed by atoms with Gasteiger partial charge in [-0.05, 0) is 48.9 Å². The molecule has 0 aliphatic rings. The Labute approximate surface area is 160 Å². The Morgan fingerprint density at radius 1 is 1.11 bits per heavy atom. The summed E-state index contributed by atoms with van der Waals surface area (Å²) in [5.41, 5.74) is 0.918. The molecule has 3 rings (SSSR count). The van der Waals surface area contributed by atoms with E-state index in [2.05, 4.69) is 5.32 Å². The number of anilines is 1. The van der Waals surface area contributed by atoms with Gasteiger partial charge in [0.1, 0.15) is 17.3 Å². The lowest BCUT2D eigenvalue weighted by molar-refractivity contribution is 0.102. The molecule has 0 spiro atoms. The van der Waals surface area contributed by atoms with E-state index in [0.717, 1.165) is 0 Å². The van der Waals surface area contributed by atoms with Gasteiger partial charge in [-0.3, -0.25) is 9.59 Å². The van der Waals surface area contributed by atoms with Crippen LogP contribution in [0.3, 0.4) is 0 Å². The number of nitrogens with zero attached hydrogens (tertiary/aromatic N) is 1. The smallest absolute Gasteiger partial charge is 0.259 e. The van der Waals surface area contributed by atoms with Crippen molar-refractivity contribution in [2.24, 2.45) is 7.05 Å². The fraction of sp³-hybridized carbons (Fsp3) is 0.100. The highest BCUT2D eigenvalue weighted by molar-refractivity contribution is 6.31. The first-order valence-corrected chi connectivity index (χ1v) is 8.43. The second kappa shape index (κ2) is 7.63. The molecule has 2 aromatic carbocycles. The lowest BCUT2D eigenvalue weighted by atomic mass is 10.1. The number of carbonyl (C=O) groups excluding carboxylic acids is 1. The third kappa shape index (κ3) is 4.35. The molecule has 0 aliphatic heterocycles. The summed E-state index contributed by atoms with van der Waals surface area (Å²) in [5, 5.41) is 3.04. The normalized spacial score (nSPS) is 10.5. The zero-order valence-electron chi connectivity index (χ0n) is 14.6. The molecule has 1 N–H and O–H groups in total. The largest absolute Gasteiger partial charge is 0.456 e. The first kappa shape index (κ1) is 18.7. The Kier molecular flexibility index (Phi) is 5.28. The maximum Gasteiger partial charge on any atom is 0.259 e. The van der Waals surface area contributed by atoms with Gasteiger partial charge >= 0.3 is 0 Å². The van der Waals surface area contributed by atoms with Crippen molar-refractivity contribution >= 4 is 23.2 Å². The lowest BCUT2D eigenvalue weighted by Crippen LogP contribution is -2.18. The van der Waals surface area contributed by atoms with E-state index < -0.39 is 5.91 Å². The van der Waals surface area contributed by atoms with Crippen molar-refractivity contribution in [1.82, 2.24) is 4.57 Å². The van der Waals surface area contributed by atoms with Crippen molar-refractivity contribution in [3.8, 4) is 11.5 Å². The summed E-state index contributed by atoms with van der Waals surface area (Å²) in [5.74, 6) is -0.218. The maximum absolute atomic E-state index is 13.3. The van der Waals surface area contributed by atoms with Crippen LogP contribution in [0.1, 0.15) is 15.9 Å². The molecule has 3 aromatic rings. The predicted molar refractivity (Wildman–Crippen MR) is 102 cm³/mol. The zero-order chi connectivity index (χ0) is 19.6. The Morgan fingerprint density at radius 2 is 1.89 bits per heavy atom. The Morgan fingerprint density at radius 3 is 2.59 bits per heavy atom. The summed E-state index contributed by atoms with van der Waals surface area (Å²) in [6, 6.07) is 11.6. The summed E-state index contributed by atoms with van der Waals surface area (Å²) in [6.45, 7) is 1.70. The standard InChI is InChI=1S/C20H16ClFN2O3/c1-12-9-14(22)4-6-17(12)27-18-10-13(21)3-5-16(18)20(26)23-15-7-8-24(2)19(25)11-15/h3-11H,1-2H3,(H,23,26). The summed E-state index contributed by atoms with van der Waals surface area (Å²) < 4.78 is 20.5. The topological polar surface area (TPSA) is 60.3 Å². The summed E-state index contributed by atoms with van der Waals surface area (Å²) in [7, 11) is 1.62. The lowest BCUT2D eigenvalue weighted by Gasteiger charge is -2.13. The molecule has 0 radical (unpaired) electrons. The quantitative estimate of drug-likeness (QED) is 0.716. The molecule has 1 heterocycles. The molecule has 0 atom stereocenters. The molecule has 0 aliphatic carbocycles. The van der Waals surface area contributed by atoms with Crippen LogP contribution >= 0.6 is 11.6 Å². The summed E-state index contributed by atoms with van der Waals surface area (Å²) in [6.07, 6.45) is 1.55. The minimum absolute atomic E-state index is 0.221. The number of amides is 1. The highest BCUT2D eigenvalue weighted by Crippen LogP contribution is 2.31. The van der Waals surface area contributed by atoms with Gasteiger partial charge in [0.25, 0.3) is 11.5 Å². The van der Waals surface area contributed by atoms with E-state index in [1.54, 1.807) is 32.3 Å². The van der Waals surface area contributed by atoms with E-state index in [1.165, 1.54) is 41.0 Å². The number of benzene rings is 2. The van der Waals surface area contributed by atoms with Crippen LogP contribution in [0.25, 0.3) is 0 Å². The number of aromatic nitrogens is 1. The van der Waals surface area contributed by atoms with E-state index in [0.29, 0.717) is 22.0 Å². The number of hydrogen-bond acceptors (Lipinski definition) is 3. The molecule has 0 unspecified atom stereocenters. The number of ether oxygens (including phenoxy) is 1. The van der Waals surface area contributed by atoms with E-state index in [-0.39, 0.29) is 22.7 Å². The average molecular weight is 387 g/mol. The average Bonchev–Trinajstić information content (AvgIpc) is 2.60. The summed E-state index contributed by atoms with van der Waals surface area (Å²) >= 11 is 6.04. The molecule has 5 nitrogen and oxygen atoms in total. The third-order valence-electron chi connectivity index (χ3n) is 3.91. The van der Waals surface area contributed by atoms with Gasteiger partial charge in [0.15, 0.2) is 0 Å². The molecule has 0 bridgehead atoms. The number of carbonyl (C=O) groups is 1. The van der Waals surface area contributed by atoms with Gasteiger partial charge in [0, 0.05) is 36.1 Å². The fourth-order valence-electron chi connectivity index (χ4n) is 2.44. The molecular formula is C20H16ClFN2O3. The van der Waals surface area contributed by atoms with Gasteiger partial charge in [-0.2, -0.15) is 0 Å². The van der Waals surface area contributed by atoms with Crippen LogP contribution in [0.5, 0.6) is 11.5 Å². The highest BCUT2D eigenvalue weighted by atomic mass is 35.5. The number of halogens is 2. The fourth-order valence-corrected chi connectivity index (χ4v) is 2.60. The van der Waals surface area contributed by atoms with Gasteiger partial charge in [-0.1, -0.05) is 11.6 Å². The third-order valence-corrected chi connectivity index (χ3v) is 4.14. The Bertz CT molecular complexity index is 1080. The molecule has 0 saturated heterocycles. The Balaban J connectivity index is 1.92. The molecule has 1 amide bonds. The first-order chi connectivity index (χ1) is 12.8. The second-order valence-electron chi connectivity index (χ2n) is 5.97. The van der Waals surface area contributed by atoms with E-state index >= 15 is 0 Å². The van der Waals surface area contributed by atoms with Crippen LogP contribution in [0.4, 0.5) is 10.1 Å². The summed E-state index contributed by atoms with van der Waals surface area (Å²) in [4.78, 5) is 24.4. The van der Waals surface area contributed by atoms with Crippen molar-refractivity contribution in [3.05, 3.63) is 87.0 Å². The number of aryl methyl sites for hydroxylation is 2. The second-order valence-corrected chi connectivity index (χ2v) is 6.41. The van der Waals surface area contributed by atoms with Gasteiger partial charge in [0.2, 0.25) is 0 Å². The molecule has 0 saturated carbocycles. The highest BCUT2D eigenvalue weighted by Gasteiger charge is 2.16. The van der Waals surface area contributed by atoms with Crippen LogP contribution < -0.4 is 15.6 Å². The minimum Gasteiger partial charge on any atom is -0.456 e. The molecule has 138 valence electrons. The van der Waals surface area contributed by atoms with Crippen LogP contribution in [-0.4, -0.2) is 10.5 Å². The van der Waals surface area contributed by atoms with Crippen LogP contribution in [-0.2, 0) is 7.05 Å². The minimum atomic E-state index is -0.463. The van der Waals surface area contributed by atoms with Crippen molar-refractivity contribution in [2.75, 3.05) is 5.32 Å². The van der Waals surface area contributed by atoms with Crippen LogP contribution in [0, 0.1) is 12.7 Å².